The Labute approximate surface area is 109 Å². The van der Waals surface area contributed by atoms with E-state index in [9.17, 15) is 9.59 Å². The molecular formula is C13H24N2O3. The molecule has 0 aromatic carbocycles. The number of amides is 1. The van der Waals surface area contributed by atoms with E-state index >= 15 is 0 Å². The van der Waals surface area contributed by atoms with Crippen molar-refractivity contribution in [3.05, 3.63) is 0 Å². The predicted molar refractivity (Wildman–Crippen MR) is 69.3 cm³/mol. The fraction of sp³-hybridized carbons (Fsp3) is 0.846. The Kier molecular flexibility index (Phi) is 5.59. The molecule has 0 saturated carbocycles. The van der Waals surface area contributed by atoms with Gasteiger partial charge in [-0.05, 0) is 45.7 Å². The molecule has 1 amide bonds. The van der Waals surface area contributed by atoms with Crippen molar-refractivity contribution >= 4 is 11.9 Å². The summed E-state index contributed by atoms with van der Waals surface area (Å²) in [7, 11) is 0. The van der Waals surface area contributed by atoms with Crippen LogP contribution in [-0.4, -0.2) is 59.0 Å². The maximum absolute atomic E-state index is 11.5. The van der Waals surface area contributed by atoms with E-state index < -0.39 is 5.97 Å². The molecule has 1 N–H and O–H groups in total. The number of hydrogen-bond acceptors (Lipinski definition) is 3. The molecule has 5 nitrogen and oxygen atoms in total. The molecule has 0 aromatic rings. The number of hydrogen-bond donors (Lipinski definition) is 1. The summed E-state index contributed by atoms with van der Waals surface area (Å²) in [6.07, 6.45) is 1.95. The van der Waals surface area contributed by atoms with E-state index in [4.69, 9.17) is 5.11 Å². The van der Waals surface area contributed by atoms with Crippen LogP contribution in [0.4, 0.5) is 0 Å². The van der Waals surface area contributed by atoms with Crippen molar-refractivity contribution in [1.29, 1.82) is 0 Å². The van der Waals surface area contributed by atoms with Crippen molar-refractivity contribution in [2.45, 2.75) is 39.7 Å². The molecule has 1 rings (SSSR count). The SMILES string of the molecule is CC(=O)N(CC1CCN(CC(=O)O)CC1)C(C)C. The third-order valence-electron chi connectivity index (χ3n) is 3.55. The highest BCUT2D eigenvalue weighted by Crippen LogP contribution is 2.19. The molecule has 0 bridgehead atoms. The number of carbonyl (C=O) groups is 2. The van der Waals surface area contributed by atoms with Gasteiger partial charge in [0.05, 0.1) is 6.54 Å². The maximum Gasteiger partial charge on any atom is 0.317 e. The molecule has 5 heteroatoms. The van der Waals surface area contributed by atoms with Gasteiger partial charge in [-0.25, -0.2) is 0 Å². The highest BCUT2D eigenvalue weighted by Gasteiger charge is 2.24. The Morgan fingerprint density at radius 3 is 2.28 bits per heavy atom. The third-order valence-corrected chi connectivity index (χ3v) is 3.55. The van der Waals surface area contributed by atoms with E-state index in [1.54, 1.807) is 6.92 Å². The van der Waals surface area contributed by atoms with Gasteiger partial charge in [-0.15, -0.1) is 0 Å². The van der Waals surface area contributed by atoms with E-state index in [0.717, 1.165) is 32.5 Å². The zero-order valence-corrected chi connectivity index (χ0v) is 11.6. The van der Waals surface area contributed by atoms with Gasteiger partial charge in [0, 0.05) is 19.5 Å². The number of aliphatic carboxylic acids is 1. The first-order chi connectivity index (χ1) is 8.40. The summed E-state index contributed by atoms with van der Waals surface area (Å²) in [5.74, 6) is -0.139. The number of carboxylic acids is 1. The van der Waals surface area contributed by atoms with Gasteiger partial charge < -0.3 is 10.0 Å². The predicted octanol–water partition coefficient (Wildman–Crippen LogP) is 1.04. The number of rotatable bonds is 5. The first kappa shape index (κ1) is 15.0. The van der Waals surface area contributed by atoms with Gasteiger partial charge in [-0.1, -0.05) is 0 Å². The molecule has 1 aliphatic rings. The fourth-order valence-electron chi connectivity index (χ4n) is 2.50. The van der Waals surface area contributed by atoms with Crippen molar-refractivity contribution in [1.82, 2.24) is 9.80 Å². The van der Waals surface area contributed by atoms with Crippen molar-refractivity contribution in [3.8, 4) is 0 Å². The van der Waals surface area contributed by atoms with Crippen LogP contribution in [0, 0.1) is 5.92 Å². The minimum atomic E-state index is -0.763. The second kappa shape index (κ2) is 6.73. The second-order valence-electron chi connectivity index (χ2n) is 5.38. The minimum Gasteiger partial charge on any atom is -0.480 e. The first-order valence-corrected chi connectivity index (χ1v) is 6.61. The Bertz CT molecular complexity index is 297. The molecule has 18 heavy (non-hydrogen) atoms. The average Bonchev–Trinajstić information content (AvgIpc) is 2.26. The molecule has 0 aliphatic carbocycles. The van der Waals surface area contributed by atoms with Gasteiger partial charge in [-0.2, -0.15) is 0 Å². The number of carbonyl (C=O) groups excluding carboxylic acids is 1. The van der Waals surface area contributed by atoms with Crippen LogP contribution in [0.15, 0.2) is 0 Å². The van der Waals surface area contributed by atoms with E-state index in [2.05, 4.69) is 0 Å². The summed E-state index contributed by atoms with van der Waals surface area (Å²) < 4.78 is 0. The zero-order valence-electron chi connectivity index (χ0n) is 11.6. The average molecular weight is 256 g/mol. The van der Waals surface area contributed by atoms with Gasteiger partial charge >= 0.3 is 5.97 Å². The van der Waals surface area contributed by atoms with Gasteiger partial charge in [0.15, 0.2) is 0 Å². The lowest BCUT2D eigenvalue weighted by atomic mass is 9.95. The number of likely N-dealkylation sites (tertiary alicyclic amines) is 1. The molecule has 1 saturated heterocycles. The van der Waals surface area contributed by atoms with Crippen LogP contribution >= 0.6 is 0 Å². The van der Waals surface area contributed by atoms with Crippen LogP contribution in [-0.2, 0) is 9.59 Å². The van der Waals surface area contributed by atoms with E-state index in [1.807, 2.05) is 23.6 Å². The van der Waals surface area contributed by atoms with Gasteiger partial charge in [0.2, 0.25) is 5.91 Å². The van der Waals surface area contributed by atoms with Crippen molar-refractivity contribution in [2.75, 3.05) is 26.2 Å². The Morgan fingerprint density at radius 2 is 1.89 bits per heavy atom. The van der Waals surface area contributed by atoms with Crippen molar-refractivity contribution < 1.29 is 14.7 Å². The smallest absolute Gasteiger partial charge is 0.317 e. The highest BCUT2D eigenvalue weighted by molar-refractivity contribution is 5.73. The topological polar surface area (TPSA) is 60.9 Å². The van der Waals surface area contributed by atoms with E-state index in [1.165, 1.54) is 0 Å². The van der Waals surface area contributed by atoms with Gasteiger partial charge in [0.25, 0.3) is 0 Å². The Morgan fingerprint density at radius 1 is 1.33 bits per heavy atom. The van der Waals surface area contributed by atoms with E-state index in [-0.39, 0.29) is 18.5 Å². The lowest BCUT2D eigenvalue weighted by Gasteiger charge is -2.35. The minimum absolute atomic E-state index is 0.123. The second-order valence-corrected chi connectivity index (χ2v) is 5.38. The Balaban J connectivity index is 2.38. The van der Waals surface area contributed by atoms with Crippen LogP contribution < -0.4 is 0 Å². The number of nitrogens with zero attached hydrogens (tertiary/aromatic N) is 2. The van der Waals surface area contributed by atoms with Gasteiger partial charge in [0.1, 0.15) is 0 Å². The summed E-state index contributed by atoms with van der Waals surface area (Å²) in [4.78, 5) is 26.0. The van der Waals surface area contributed by atoms with Crippen LogP contribution in [0.2, 0.25) is 0 Å². The fourth-order valence-corrected chi connectivity index (χ4v) is 2.50. The van der Waals surface area contributed by atoms with Gasteiger partial charge in [-0.3, -0.25) is 14.5 Å². The highest BCUT2D eigenvalue weighted by atomic mass is 16.4. The van der Waals surface area contributed by atoms with Crippen LogP contribution in [0.1, 0.15) is 33.6 Å². The summed E-state index contributed by atoms with van der Waals surface area (Å²) >= 11 is 0. The number of piperidine rings is 1. The van der Waals surface area contributed by atoms with Crippen LogP contribution in [0.5, 0.6) is 0 Å². The molecule has 1 fully saturated rings. The molecule has 0 aromatic heterocycles. The summed E-state index contributed by atoms with van der Waals surface area (Å²) in [6.45, 7) is 8.24. The lowest BCUT2D eigenvalue weighted by molar-refractivity contribution is -0.138. The quantitative estimate of drug-likeness (QED) is 0.798. The van der Waals surface area contributed by atoms with Crippen molar-refractivity contribution in [2.24, 2.45) is 5.92 Å². The third kappa shape index (κ3) is 4.64. The number of carboxylic acid groups (broad SMARTS) is 1. The summed E-state index contributed by atoms with van der Waals surface area (Å²) in [5, 5.41) is 8.73. The standard InChI is InChI=1S/C13H24N2O3/c1-10(2)15(11(3)16)8-12-4-6-14(7-5-12)9-13(17)18/h10,12H,4-9H2,1-3H3,(H,17,18). The summed E-state index contributed by atoms with van der Waals surface area (Å²) in [5.41, 5.74) is 0. The Hall–Kier alpha value is -1.10. The molecule has 1 aliphatic heterocycles. The lowest BCUT2D eigenvalue weighted by Crippen LogP contribution is -2.43. The zero-order chi connectivity index (χ0) is 13.7. The van der Waals surface area contributed by atoms with Crippen molar-refractivity contribution in [3.63, 3.8) is 0 Å². The molecule has 0 atom stereocenters. The first-order valence-electron chi connectivity index (χ1n) is 6.61. The normalized spacial score (nSPS) is 18.0. The molecular weight excluding hydrogens is 232 g/mol. The maximum atomic E-state index is 11.5. The largest absolute Gasteiger partial charge is 0.480 e. The molecule has 0 unspecified atom stereocenters. The molecule has 104 valence electrons. The molecule has 0 spiro atoms. The summed E-state index contributed by atoms with van der Waals surface area (Å²) in [6, 6.07) is 0.236. The monoisotopic (exact) mass is 256 g/mol. The van der Waals surface area contributed by atoms with Crippen LogP contribution in [0.25, 0.3) is 0 Å². The van der Waals surface area contributed by atoms with Crippen LogP contribution in [0.3, 0.4) is 0 Å². The molecule has 0 radical (unpaired) electrons. The molecule has 1 heterocycles. The van der Waals surface area contributed by atoms with E-state index in [0.29, 0.717) is 5.92 Å².